The standard InChI is InChI=1S/C11H21NO2/c1-6-8-12(9-7-2)10(13)14-11(3,4)5/h6H,1,7-9H2,2-5H3. The van der Waals surface area contributed by atoms with Crippen LogP contribution < -0.4 is 0 Å². The molecule has 0 spiro atoms. The van der Waals surface area contributed by atoms with Crippen molar-refractivity contribution in [2.24, 2.45) is 0 Å². The molecule has 0 fully saturated rings. The molecule has 0 unspecified atom stereocenters. The third kappa shape index (κ3) is 5.62. The van der Waals surface area contributed by atoms with E-state index in [-0.39, 0.29) is 6.09 Å². The zero-order valence-corrected chi connectivity index (χ0v) is 9.67. The molecule has 0 rings (SSSR count). The van der Waals surface area contributed by atoms with Gasteiger partial charge in [-0.25, -0.2) is 4.79 Å². The number of amides is 1. The monoisotopic (exact) mass is 199 g/mol. The fourth-order valence-electron chi connectivity index (χ4n) is 1.01. The molecule has 0 heterocycles. The largest absolute Gasteiger partial charge is 0.444 e. The minimum absolute atomic E-state index is 0.265. The number of ether oxygens (including phenoxy) is 1. The van der Waals surface area contributed by atoms with Gasteiger partial charge in [0.2, 0.25) is 0 Å². The number of carbonyl (C=O) groups is 1. The smallest absolute Gasteiger partial charge is 0.410 e. The summed E-state index contributed by atoms with van der Waals surface area (Å²) in [7, 11) is 0. The lowest BCUT2D eigenvalue weighted by atomic mass is 10.2. The molecule has 0 saturated carbocycles. The quantitative estimate of drug-likeness (QED) is 0.651. The Kier molecular flexibility index (Phi) is 5.28. The molecule has 0 aliphatic heterocycles. The van der Waals surface area contributed by atoms with E-state index in [1.165, 1.54) is 0 Å². The molecule has 14 heavy (non-hydrogen) atoms. The maximum Gasteiger partial charge on any atom is 0.410 e. The predicted molar refractivity (Wildman–Crippen MR) is 58.3 cm³/mol. The van der Waals surface area contributed by atoms with Crippen molar-refractivity contribution >= 4 is 6.09 Å². The molecule has 0 bridgehead atoms. The zero-order valence-electron chi connectivity index (χ0n) is 9.67. The van der Waals surface area contributed by atoms with Crippen LogP contribution in [0.2, 0.25) is 0 Å². The Hall–Kier alpha value is -0.990. The Morgan fingerprint density at radius 1 is 1.50 bits per heavy atom. The number of hydrogen-bond donors (Lipinski definition) is 0. The summed E-state index contributed by atoms with van der Waals surface area (Å²) in [6, 6.07) is 0. The molecule has 1 amide bonds. The van der Waals surface area contributed by atoms with Crippen LogP contribution in [0.5, 0.6) is 0 Å². The highest BCUT2D eigenvalue weighted by molar-refractivity contribution is 5.68. The van der Waals surface area contributed by atoms with Crippen LogP contribution in [0.3, 0.4) is 0 Å². The fourth-order valence-corrected chi connectivity index (χ4v) is 1.01. The molecule has 0 aromatic heterocycles. The number of hydrogen-bond acceptors (Lipinski definition) is 2. The van der Waals surface area contributed by atoms with Gasteiger partial charge in [-0.1, -0.05) is 13.0 Å². The van der Waals surface area contributed by atoms with Crippen molar-refractivity contribution in [3.8, 4) is 0 Å². The van der Waals surface area contributed by atoms with Crippen LogP contribution in [0.4, 0.5) is 4.79 Å². The van der Waals surface area contributed by atoms with Crippen molar-refractivity contribution in [2.45, 2.75) is 39.7 Å². The van der Waals surface area contributed by atoms with Gasteiger partial charge in [0.15, 0.2) is 0 Å². The van der Waals surface area contributed by atoms with E-state index in [1.54, 1.807) is 11.0 Å². The third-order valence-corrected chi connectivity index (χ3v) is 1.49. The highest BCUT2D eigenvalue weighted by Crippen LogP contribution is 2.10. The van der Waals surface area contributed by atoms with Gasteiger partial charge >= 0.3 is 6.09 Å². The van der Waals surface area contributed by atoms with E-state index in [4.69, 9.17) is 4.74 Å². The summed E-state index contributed by atoms with van der Waals surface area (Å²) in [5.41, 5.74) is -0.426. The van der Waals surface area contributed by atoms with Crippen LogP contribution in [0.1, 0.15) is 34.1 Å². The first-order valence-corrected chi connectivity index (χ1v) is 4.99. The van der Waals surface area contributed by atoms with Crippen LogP contribution in [0.25, 0.3) is 0 Å². The van der Waals surface area contributed by atoms with Crippen molar-refractivity contribution in [1.82, 2.24) is 4.90 Å². The van der Waals surface area contributed by atoms with Crippen LogP contribution >= 0.6 is 0 Å². The van der Waals surface area contributed by atoms with E-state index >= 15 is 0 Å². The summed E-state index contributed by atoms with van der Waals surface area (Å²) < 4.78 is 5.24. The SMILES string of the molecule is C=CCN(CCC)C(=O)OC(C)(C)C. The molecule has 0 aliphatic carbocycles. The second-order valence-corrected chi connectivity index (χ2v) is 4.22. The third-order valence-electron chi connectivity index (χ3n) is 1.49. The number of rotatable bonds is 4. The van der Waals surface area contributed by atoms with E-state index in [0.29, 0.717) is 13.1 Å². The van der Waals surface area contributed by atoms with Crippen LogP contribution in [0.15, 0.2) is 12.7 Å². The van der Waals surface area contributed by atoms with Gasteiger partial charge in [0.25, 0.3) is 0 Å². The van der Waals surface area contributed by atoms with Crippen molar-refractivity contribution in [3.05, 3.63) is 12.7 Å². The maximum absolute atomic E-state index is 11.6. The fraction of sp³-hybridized carbons (Fsp3) is 0.727. The molecule has 0 N–H and O–H groups in total. The van der Waals surface area contributed by atoms with E-state index in [2.05, 4.69) is 6.58 Å². The first kappa shape index (κ1) is 13.0. The van der Waals surface area contributed by atoms with Crippen molar-refractivity contribution < 1.29 is 9.53 Å². The van der Waals surface area contributed by atoms with Crippen molar-refractivity contribution in [3.63, 3.8) is 0 Å². The lowest BCUT2D eigenvalue weighted by Crippen LogP contribution is -2.37. The summed E-state index contributed by atoms with van der Waals surface area (Å²) >= 11 is 0. The molecule has 0 aromatic rings. The van der Waals surface area contributed by atoms with E-state index in [0.717, 1.165) is 6.42 Å². The van der Waals surface area contributed by atoms with Gasteiger partial charge in [0.05, 0.1) is 0 Å². The van der Waals surface area contributed by atoms with Gasteiger partial charge in [-0.2, -0.15) is 0 Å². The summed E-state index contributed by atoms with van der Waals surface area (Å²) in [6.07, 6.45) is 2.37. The molecule has 0 aromatic carbocycles. The maximum atomic E-state index is 11.6. The van der Waals surface area contributed by atoms with E-state index in [9.17, 15) is 4.79 Å². The minimum atomic E-state index is -0.426. The lowest BCUT2D eigenvalue weighted by molar-refractivity contribution is 0.0272. The zero-order chi connectivity index (χ0) is 11.2. The average molecular weight is 199 g/mol. The van der Waals surface area contributed by atoms with Gasteiger partial charge in [-0.15, -0.1) is 6.58 Å². The summed E-state index contributed by atoms with van der Waals surface area (Å²) in [4.78, 5) is 13.2. The van der Waals surface area contributed by atoms with Gasteiger partial charge < -0.3 is 9.64 Å². The molecule has 82 valence electrons. The number of carbonyl (C=O) groups excluding carboxylic acids is 1. The summed E-state index contributed by atoms with van der Waals surface area (Å²) in [5, 5.41) is 0. The first-order valence-electron chi connectivity index (χ1n) is 4.99. The normalized spacial score (nSPS) is 10.9. The van der Waals surface area contributed by atoms with E-state index in [1.807, 2.05) is 27.7 Å². The van der Waals surface area contributed by atoms with Crippen molar-refractivity contribution in [1.29, 1.82) is 0 Å². The summed E-state index contributed by atoms with van der Waals surface area (Å²) in [6.45, 7) is 12.5. The Balaban J connectivity index is 4.21. The molecule has 3 heteroatoms. The molecular weight excluding hydrogens is 178 g/mol. The molecular formula is C11H21NO2. The Bertz CT molecular complexity index is 194. The molecule has 0 atom stereocenters. The van der Waals surface area contributed by atoms with Crippen LogP contribution in [-0.2, 0) is 4.74 Å². The van der Waals surface area contributed by atoms with Gasteiger partial charge in [-0.05, 0) is 27.2 Å². The molecule has 3 nitrogen and oxygen atoms in total. The first-order chi connectivity index (χ1) is 6.40. The van der Waals surface area contributed by atoms with Gasteiger partial charge in [-0.3, -0.25) is 0 Å². The molecule has 0 radical (unpaired) electrons. The molecule has 0 aliphatic rings. The van der Waals surface area contributed by atoms with Gasteiger partial charge in [0, 0.05) is 13.1 Å². The summed E-state index contributed by atoms with van der Waals surface area (Å²) in [5.74, 6) is 0. The second kappa shape index (κ2) is 5.68. The Morgan fingerprint density at radius 3 is 2.43 bits per heavy atom. The van der Waals surface area contributed by atoms with Crippen molar-refractivity contribution in [2.75, 3.05) is 13.1 Å². The van der Waals surface area contributed by atoms with Crippen LogP contribution in [0, 0.1) is 0 Å². The van der Waals surface area contributed by atoms with Gasteiger partial charge in [0.1, 0.15) is 5.60 Å². The second-order valence-electron chi connectivity index (χ2n) is 4.22. The number of nitrogens with zero attached hydrogens (tertiary/aromatic N) is 1. The minimum Gasteiger partial charge on any atom is -0.444 e. The predicted octanol–water partition coefficient (Wildman–Crippen LogP) is 2.82. The highest BCUT2D eigenvalue weighted by atomic mass is 16.6. The van der Waals surface area contributed by atoms with Crippen LogP contribution in [-0.4, -0.2) is 29.7 Å². The highest BCUT2D eigenvalue weighted by Gasteiger charge is 2.20. The Morgan fingerprint density at radius 2 is 2.07 bits per heavy atom. The Labute approximate surface area is 86.7 Å². The average Bonchev–Trinajstić information content (AvgIpc) is 2.01. The lowest BCUT2D eigenvalue weighted by Gasteiger charge is -2.26. The van der Waals surface area contributed by atoms with E-state index < -0.39 is 5.60 Å². The molecule has 0 saturated heterocycles. The topological polar surface area (TPSA) is 29.5 Å².